The number of rotatable bonds is 4. The number of carbonyl (C=O) groups is 1. The lowest BCUT2D eigenvalue weighted by Gasteiger charge is -2.14. The second-order valence-electron chi connectivity index (χ2n) is 5.14. The van der Waals surface area contributed by atoms with Gasteiger partial charge in [-0.2, -0.15) is 0 Å². The average molecular weight is 467 g/mol. The van der Waals surface area contributed by atoms with Gasteiger partial charge >= 0.3 is 0 Å². The first-order chi connectivity index (χ1) is 11.6. The smallest absolute Gasteiger partial charge is 0.266 e. The molecule has 1 heterocycles. The van der Waals surface area contributed by atoms with Gasteiger partial charge in [0.2, 0.25) is 0 Å². The summed E-state index contributed by atoms with van der Waals surface area (Å²) in [4.78, 5) is 15.0. The first kappa shape index (κ1) is 17.4. The summed E-state index contributed by atoms with van der Waals surface area (Å²) in [6.45, 7) is 0.492. The largest absolute Gasteiger partial charge is 0.496 e. The van der Waals surface area contributed by atoms with Crippen LogP contribution in [0.5, 0.6) is 5.75 Å². The number of halogens is 1. The van der Waals surface area contributed by atoms with Crippen molar-refractivity contribution in [3.8, 4) is 5.75 Å². The highest BCUT2D eigenvalue weighted by molar-refractivity contribution is 14.1. The molecule has 122 valence electrons. The lowest BCUT2D eigenvalue weighted by molar-refractivity contribution is -0.122. The van der Waals surface area contributed by atoms with Gasteiger partial charge < -0.3 is 4.74 Å². The van der Waals surface area contributed by atoms with Crippen LogP contribution >= 0.6 is 46.6 Å². The maximum absolute atomic E-state index is 12.7. The van der Waals surface area contributed by atoms with Crippen molar-refractivity contribution in [2.24, 2.45) is 0 Å². The van der Waals surface area contributed by atoms with Gasteiger partial charge in [0.1, 0.15) is 10.1 Å². The highest BCUT2D eigenvalue weighted by Crippen LogP contribution is 2.35. The molecule has 6 heteroatoms. The van der Waals surface area contributed by atoms with Crippen LogP contribution in [0.15, 0.2) is 53.4 Å². The van der Waals surface area contributed by atoms with Crippen LogP contribution in [0.25, 0.3) is 6.08 Å². The third kappa shape index (κ3) is 3.81. The molecule has 0 radical (unpaired) electrons. The molecule has 0 spiro atoms. The van der Waals surface area contributed by atoms with Crippen molar-refractivity contribution in [1.29, 1.82) is 0 Å². The monoisotopic (exact) mass is 467 g/mol. The summed E-state index contributed by atoms with van der Waals surface area (Å²) in [7, 11) is 1.63. The summed E-state index contributed by atoms with van der Waals surface area (Å²) in [5.41, 5.74) is 1.94. The maximum atomic E-state index is 12.7. The quantitative estimate of drug-likeness (QED) is 0.371. The number of hydrogen-bond acceptors (Lipinski definition) is 4. The molecule has 1 fully saturated rings. The summed E-state index contributed by atoms with van der Waals surface area (Å²) in [6, 6.07) is 15.7. The normalized spacial score (nSPS) is 16.1. The van der Waals surface area contributed by atoms with E-state index in [9.17, 15) is 4.79 Å². The van der Waals surface area contributed by atoms with E-state index < -0.39 is 0 Å². The Labute approximate surface area is 164 Å². The van der Waals surface area contributed by atoms with Crippen molar-refractivity contribution in [2.45, 2.75) is 6.54 Å². The fourth-order valence-electron chi connectivity index (χ4n) is 2.36. The molecule has 0 bridgehead atoms. The molecule has 1 amide bonds. The SMILES string of the molecule is COc1ccc(I)cc1/C=C1/SC(=S)N(Cc2ccccc2)C1=O. The van der Waals surface area contributed by atoms with Gasteiger partial charge in [0.15, 0.2) is 0 Å². The van der Waals surface area contributed by atoms with E-state index in [2.05, 4.69) is 22.6 Å². The molecule has 0 unspecified atom stereocenters. The van der Waals surface area contributed by atoms with Crippen LogP contribution in [-0.4, -0.2) is 22.2 Å². The van der Waals surface area contributed by atoms with Crippen molar-refractivity contribution < 1.29 is 9.53 Å². The highest BCUT2D eigenvalue weighted by Gasteiger charge is 2.32. The lowest BCUT2D eigenvalue weighted by atomic mass is 10.1. The molecule has 3 nitrogen and oxygen atoms in total. The van der Waals surface area contributed by atoms with Crippen LogP contribution in [0.2, 0.25) is 0 Å². The molecule has 1 aliphatic heterocycles. The Morgan fingerprint density at radius 3 is 2.71 bits per heavy atom. The van der Waals surface area contributed by atoms with Gasteiger partial charge in [0, 0.05) is 9.13 Å². The molecular formula is C18H14INO2S2. The fraction of sp³-hybridized carbons (Fsp3) is 0.111. The van der Waals surface area contributed by atoms with E-state index in [1.54, 1.807) is 12.0 Å². The molecule has 0 aromatic heterocycles. The Balaban J connectivity index is 1.87. The van der Waals surface area contributed by atoms with E-state index in [0.717, 1.165) is 20.4 Å². The van der Waals surface area contributed by atoms with Gasteiger partial charge in [0.25, 0.3) is 5.91 Å². The molecular weight excluding hydrogens is 453 g/mol. The Morgan fingerprint density at radius 2 is 2.00 bits per heavy atom. The molecule has 1 saturated heterocycles. The Bertz CT molecular complexity index is 821. The van der Waals surface area contributed by atoms with Crippen LogP contribution in [0, 0.1) is 3.57 Å². The minimum atomic E-state index is -0.0604. The summed E-state index contributed by atoms with van der Waals surface area (Å²) in [5, 5.41) is 0. The van der Waals surface area contributed by atoms with E-state index in [1.807, 2.05) is 54.6 Å². The zero-order valence-corrected chi connectivity index (χ0v) is 16.7. The summed E-state index contributed by atoms with van der Waals surface area (Å²) >= 11 is 8.96. The van der Waals surface area contributed by atoms with Crippen LogP contribution < -0.4 is 4.74 Å². The molecule has 2 aromatic carbocycles. The molecule has 0 aliphatic carbocycles. The Kier molecular flexibility index (Phi) is 5.57. The predicted octanol–water partition coefficient (Wildman–Crippen LogP) is 4.70. The van der Waals surface area contributed by atoms with E-state index in [4.69, 9.17) is 17.0 Å². The van der Waals surface area contributed by atoms with Gasteiger partial charge in [-0.15, -0.1) is 0 Å². The summed E-state index contributed by atoms with van der Waals surface area (Å²) in [6.07, 6.45) is 1.85. The molecule has 24 heavy (non-hydrogen) atoms. The van der Waals surface area contributed by atoms with Crippen LogP contribution in [0.4, 0.5) is 0 Å². The number of nitrogens with zero attached hydrogens (tertiary/aromatic N) is 1. The zero-order chi connectivity index (χ0) is 17.1. The molecule has 0 N–H and O–H groups in total. The van der Waals surface area contributed by atoms with Crippen molar-refractivity contribution in [3.63, 3.8) is 0 Å². The van der Waals surface area contributed by atoms with Gasteiger partial charge in [-0.3, -0.25) is 9.69 Å². The third-order valence-corrected chi connectivity index (χ3v) is 5.58. The molecule has 0 saturated carbocycles. The standard InChI is InChI=1S/C18H14INO2S2/c1-22-15-8-7-14(19)9-13(15)10-16-17(21)20(18(23)24-16)11-12-5-3-2-4-6-12/h2-10H,11H2,1H3/b16-10+. The average Bonchev–Trinajstić information content (AvgIpc) is 2.84. The number of amides is 1. The highest BCUT2D eigenvalue weighted by atomic mass is 127. The molecule has 0 atom stereocenters. The third-order valence-electron chi connectivity index (χ3n) is 3.54. The van der Waals surface area contributed by atoms with Gasteiger partial charge in [0.05, 0.1) is 18.6 Å². The van der Waals surface area contributed by atoms with Crippen molar-refractivity contribution in [2.75, 3.05) is 7.11 Å². The fourth-order valence-corrected chi connectivity index (χ4v) is 4.12. The number of thioether (sulfide) groups is 1. The predicted molar refractivity (Wildman–Crippen MR) is 111 cm³/mol. The molecule has 2 aromatic rings. The Morgan fingerprint density at radius 1 is 1.25 bits per heavy atom. The first-order valence-electron chi connectivity index (χ1n) is 7.21. The maximum Gasteiger partial charge on any atom is 0.266 e. The number of thiocarbonyl (C=S) groups is 1. The van der Waals surface area contributed by atoms with E-state index in [1.165, 1.54) is 11.8 Å². The second-order valence-corrected chi connectivity index (χ2v) is 8.06. The van der Waals surface area contributed by atoms with Gasteiger partial charge in [-0.05, 0) is 52.4 Å². The topological polar surface area (TPSA) is 29.5 Å². The minimum Gasteiger partial charge on any atom is -0.496 e. The second kappa shape index (κ2) is 7.67. The lowest BCUT2D eigenvalue weighted by Crippen LogP contribution is -2.27. The first-order valence-corrected chi connectivity index (χ1v) is 9.51. The minimum absolute atomic E-state index is 0.0604. The van der Waals surface area contributed by atoms with Crippen LogP contribution in [-0.2, 0) is 11.3 Å². The van der Waals surface area contributed by atoms with Crippen LogP contribution in [0.1, 0.15) is 11.1 Å². The summed E-state index contributed by atoms with van der Waals surface area (Å²) in [5.74, 6) is 0.679. The van der Waals surface area contributed by atoms with E-state index in [0.29, 0.717) is 15.8 Å². The number of carbonyl (C=O) groups excluding carboxylic acids is 1. The van der Waals surface area contributed by atoms with E-state index in [-0.39, 0.29) is 5.91 Å². The number of hydrogen-bond donors (Lipinski definition) is 0. The van der Waals surface area contributed by atoms with Gasteiger partial charge in [-0.25, -0.2) is 0 Å². The number of methoxy groups -OCH3 is 1. The molecule has 1 aliphatic rings. The zero-order valence-electron chi connectivity index (χ0n) is 12.9. The van der Waals surface area contributed by atoms with Crippen LogP contribution in [0.3, 0.4) is 0 Å². The van der Waals surface area contributed by atoms with E-state index >= 15 is 0 Å². The van der Waals surface area contributed by atoms with Crippen molar-refractivity contribution >= 4 is 62.9 Å². The van der Waals surface area contributed by atoms with Crippen molar-refractivity contribution in [1.82, 2.24) is 4.90 Å². The Hall–Kier alpha value is -1.38. The molecule has 3 rings (SSSR count). The number of ether oxygens (including phenoxy) is 1. The van der Waals surface area contributed by atoms with Gasteiger partial charge in [-0.1, -0.05) is 54.3 Å². The number of benzene rings is 2. The summed E-state index contributed by atoms with van der Waals surface area (Å²) < 4.78 is 7.05. The van der Waals surface area contributed by atoms with Crippen molar-refractivity contribution in [3.05, 3.63) is 68.1 Å².